The molecule has 0 fully saturated rings. The van der Waals surface area contributed by atoms with E-state index in [1.54, 1.807) is 18.2 Å². The van der Waals surface area contributed by atoms with E-state index in [9.17, 15) is 4.79 Å². The van der Waals surface area contributed by atoms with Gasteiger partial charge < -0.3 is 15.5 Å². The summed E-state index contributed by atoms with van der Waals surface area (Å²) in [7, 11) is 0. The van der Waals surface area contributed by atoms with E-state index in [1.165, 1.54) is 0 Å². The monoisotopic (exact) mass is 308 g/mol. The number of hydrogen-bond donors (Lipinski definition) is 2. The zero-order valence-corrected chi connectivity index (χ0v) is 13.3. The summed E-state index contributed by atoms with van der Waals surface area (Å²) >= 11 is 5.98. The van der Waals surface area contributed by atoms with E-state index in [2.05, 4.69) is 19.2 Å². The molecule has 0 aliphatic rings. The van der Waals surface area contributed by atoms with Crippen LogP contribution in [0.3, 0.4) is 0 Å². The Hall–Kier alpha value is -1.52. The van der Waals surface area contributed by atoms with E-state index >= 15 is 0 Å². The summed E-state index contributed by atoms with van der Waals surface area (Å²) in [4.78, 5) is 12.4. The molecular formula is C16H21ClN2O2. The van der Waals surface area contributed by atoms with Crippen LogP contribution in [0.2, 0.25) is 5.02 Å². The van der Waals surface area contributed by atoms with Crippen LogP contribution in [0.5, 0.6) is 0 Å². The quantitative estimate of drug-likeness (QED) is 0.888. The van der Waals surface area contributed by atoms with Crippen molar-refractivity contribution in [1.29, 1.82) is 0 Å². The Labute approximate surface area is 129 Å². The maximum Gasteiger partial charge on any atom is 0.287 e. The first kappa shape index (κ1) is 15.9. The number of hydrogen-bond acceptors (Lipinski definition) is 3. The first-order valence-corrected chi connectivity index (χ1v) is 7.49. The molecule has 3 N–H and O–H groups in total. The Balaban J connectivity index is 2.25. The molecule has 2 rings (SSSR count). The lowest BCUT2D eigenvalue weighted by Gasteiger charge is -2.18. The Morgan fingerprint density at radius 1 is 1.43 bits per heavy atom. The number of amides is 1. The Bertz CT molecular complexity index is 649. The first-order valence-electron chi connectivity index (χ1n) is 7.12. The van der Waals surface area contributed by atoms with Crippen LogP contribution in [0.25, 0.3) is 11.0 Å². The fourth-order valence-electron chi connectivity index (χ4n) is 2.44. The van der Waals surface area contributed by atoms with Gasteiger partial charge in [0.15, 0.2) is 5.76 Å². The number of halogens is 1. The van der Waals surface area contributed by atoms with Crippen LogP contribution < -0.4 is 11.1 Å². The molecule has 1 unspecified atom stereocenters. The molecular weight excluding hydrogens is 288 g/mol. The van der Waals surface area contributed by atoms with E-state index in [-0.39, 0.29) is 11.9 Å². The number of benzene rings is 1. The predicted molar refractivity (Wildman–Crippen MR) is 85.7 cm³/mol. The molecule has 0 bridgehead atoms. The van der Waals surface area contributed by atoms with Crippen molar-refractivity contribution in [3.63, 3.8) is 0 Å². The summed E-state index contributed by atoms with van der Waals surface area (Å²) in [6.07, 6.45) is 0.841. The molecule has 0 saturated carbocycles. The third kappa shape index (κ3) is 3.57. The van der Waals surface area contributed by atoms with Gasteiger partial charge >= 0.3 is 0 Å². The van der Waals surface area contributed by atoms with Crippen molar-refractivity contribution in [3.8, 4) is 0 Å². The molecule has 0 aliphatic carbocycles. The lowest BCUT2D eigenvalue weighted by molar-refractivity contribution is 0.0907. The van der Waals surface area contributed by atoms with Crippen molar-refractivity contribution in [2.45, 2.75) is 33.2 Å². The summed E-state index contributed by atoms with van der Waals surface area (Å²) in [5, 5.41) is 4.43. The molecule has 4 nitrogen and oxygen atoms in total. The van der Waals surface area contributed by atoms with Gasteiger partial charge in [-0.3, -0.25) is 4.79 Å². The molecule has 0 saturated heterocycles. The van der Waals surface area contributed by atoms with Crippen molar-refractivity contribution >= 4 is 28.5 Å². The molecule has 0 spiro atoms. The van der Waals surface area contributed by atoms with Crippen molar-refractivity contribution in [1.82, 2.24) is 5.32 Å². The maximum atomic E-state index is 12.4. The number of carbonyl (C=O) groups excluding carboxylic acids is 1. The molecule has 1 aromatic heterocycles. The van der Waals surface area contributed by atoms with E-state index in [4.69, 9.17) is 21.8 Å². The van der Waals surface area contributed by atoms with Gasteiger partial charge in [0.25, 0.3) is 5.91 Å². The highest BCUT2D eigenvalue weighted by molar-refractivity contribution is 6.31. The SMILES string of the molecule is Cc1c(C(=O)NC(CN)CC(C)C)oc2ccc(Cl)cc12. The number of nitrogens with two attached hydrogens (primary N) is 1. The summed E-state index contributed by atoms with van der Waals surface area (Å²) in [5.74, 6) is 0.569. The molecule has 1 aromatic carbocycles. The van der Waals surface area contributed by atoms with Gasteiger partial charge in [-0.25, -0.2) is 0 Å². The molecule has 114 valence electrons. The standard InChI is InChI=1S/C16H21ClN2O2/c1-9(2)6-12(8-18)19-16(20)15-10(3)13-7-11(17)4-5-14(13)21-15/h4-5,7,9,12H,6,8,18H2,1-3H3,(H,19,20). The topological polar surface area (TPSA) is 68.3 Å². The average Bonchev–Trinajstić information content (AvgIpc) is 2.74. The van der Waals surface area contributed by atoms with Crippen LogP contribution in [-0.2, 0) is 0 Å². The van der Waals surface area contributed by atoms with Crippen LogP contribution in [0.4, 0.5) is 0 Å². The van der Waals surface area contributed by atoms with Gasteiger partial charge in [0.2, 0.25) is 0 Å². The molecule has 1 amide bonds. The second-order valence-electron chi connectivity index (χ2n) is 5.73. The minimum atomic E-state index is -0.226. The Morgan fingerprint density at radius 2 is 2.14 bits per heavy atom. The average molecular weight is 309 g/mol. The minimum absolute atomic E-state index is 0.0475. The second-order valence-corrected chi connectivity index (χ2v) is 6.17. The zero-order valence-electron chi connectivity index (χ0n) is 12.6. The third-order valence-corrected chi connectivity index (χ3v) is 3.72. The van der Waals surface area contributed by atoms with Gasteiger partial charge in [-0.15, -0.1) is 0 Å². The second kappa shape index (κ2) is 6.50. The predicted octanol–water partition coefficient (Wildman–Crippen LogP) is 3.50. The van der Waals surface area contributed by atoms with Crippen molar-refractivity contribution in [3.05, 3.63) is 34.5 Å². The number of aryl methyl sites for hydroxylation is 1. The molecule has 1 heterocycles. The van der Waals surface area contributed by atoms with Gasteiger partial charge in [-0.2, -0.15) is 0 Å². The Morgan fingerprint density at radius 3 is 2.76 bits per heavy atom. The number of fused-ring (bicyclic) bond motifs is 1. The minimum Gasteiger partial charge on any atom is -0.451 e. The van der Waals surface area contributed by atoms with Gasteiger partial charge in [0.1, 0.15) is 5.58 Å². The zero-order chi connectivity index (χ0) is 15.6. The molecule has 21 heavy (non-hydrogen) atoms. The molecule has 2 aromatic rings. The highest BCUT2D eigenvalue weighted by atomic mass is 35.5. The fraction of sp³-hybridized carbons (Fsp3) is 0.438. The highest BCUT2D eigenvalue weighted by Crippen LogP contribution is 2.27. The number of rotatable bonds is 5. The van der Waals surface area contributed by atoms with Gasteiger partial charge in [0, 0.05) is 28.6 Å². The van der Waals surface area contributed by atoms with Crippen LogP contribution in [-0.4, -0.2) is 18.5 Å². The molecule has 0 radical (unpaired) electrons. The fourth-order valence-corrected chi connectivity index (χ4v) is 2.62. The summed E-state index contributed by atoms with van der Waals surface area (Å²) in [5.41, 5.74) is 7.18. The molecule has 1 atom stereocenters. The van der Waals surface area contributed by atoms with Gasteiger partial charge in [0.05, 0.1) is 0 Å². The smallest absolute Gasteiger partial charge is 0.287 e. The van der Waals surface area contributed by atoms with Crippen molar-refractivity contribution < 1.29 is 9.21 Å². The van der Waals surface area contributed by atoms with E-state index < -0.39 is 0 Å². The van der Waals surface area contributed by atoms with E-state index in [0.717, 1.165) is 17.4 Å². The van der Waals surface area contributed by atoms with Gasteiger partial charge in [-0.1, -0.05) is 25.4 Å². The first-order chi connectivity index (χ1) is 9.92. The highest BCUT2D eigenvalue weighted by Gasteiger charge is 2.20. The van der Waals surface area contributed by atoms with Crippen LogP contribution in [0.1, 0.15) is 36.4 Å². The Kier molecular flexibility index (Phi) is 4.91. The third-order valence-electron chi connectivity index (χ3n) is 3.48. The van der Waals surface area contributed by atoms with Crippen LogP contribution >= 0.6 is 11.6 Å². The number of carbonyl (C=O) groups is 1. The normalized spacial score (nSPS) is 12.9. The molecule has 0 aliphatic heterocycles. The lowest BCUT2D eigenvalue weighted by atomic mass is 10.0. The number of furan rings is 1. The van der Waals surface area contributed by atoms with Crippen molar-refractivity contribution in [2.24, 2.45) is 11.7 Å². The lowest BCUT2D eigenvalue weighted by Crippen LogP contribution is -2.41. The van der Waals surface area contributed by atoms with Gasteiger partial charge in [-0.05, 0) is 37.5 Å². The summed E-state index contributed by atoms with van der Waals surface area (Å²) in [6, 6.07) is 5.28. The van der Waals surface area contributed by atoms with E-state index in [1.807, 2.05) is 6.92 Å². The summed E-state index contributed by atoms with van der Waals surface area (Å²) < 4.78 is 5.65. The maximum absolute atomic E-state index is 12.4. The number of nitrogens with one attached hydrogen (secondary N) is 1. The van der Waals surface area contributed by atoms with Crippen LogP contribution in [0.15, 0.2) is 22.6 Å². The van der Waals surface area contributed by atoms with Crippen LogP contribution in [0, 0.1) is 12.8 Å². The largest absolute Gasteiger partial charge is 0.451 e. The van der Waals surface area contributed by atoms with E-state index in [0.29, 0.717) is 28.8 Å². The molecule has 5 heteroatoms. The van der Waals surface area contributed by atoms with Crippen molar-refractivity contribution in [2.75, 3.05) is 6.54 Å². The summed E-state index contributed by atoms with van der Waals surface area (Å²) in [6.45, 7) is 6.47.